The van der Waals surface area contributed by atoms with Crippen LogP contribution in [-0.4, -0.2) is 43.9 Å². The molecule has 4 aromatic rings. The Hall–Kier alpha value is -4.40. The van der Waals surface area contributed by atoms with Gasteiger partial charge in [-0.05, 0) is 62.2 Å². The van der Waals surface area contributed by atoms with Gasteiger partial charge in [0, 0.05) is 18.7 Å². The number of likely N-dealkylation sites (tertiary alicyclic amines) is 1. The Morgan fingerprint density at radius 3 is 2.54 bits per heavy atom. The quantitative estimate of drug-likeness (QED) is 0.428. The van der Waals surface area contributed by atoms with Crippen molar-refractivity contribution in [3.63, 3.8) is 0 Å². The van der Waals surface area contributed by atoms with Crippen molar-refractivity contribution in [3.05, 3.63) is 77.1 Å². The molecule has 2 aromatic heterocycles. The molecular weight excluding hydrogens is 444 g/mol. The molecule has 3 N–H and O–H groups in total. The summed E-state index contributed by atoms with van der Waals surface area (Å²) in [6.45, 7) is 6.70. The Morgan fingerprint density at radius 1 is 1.17 bits per heavy atom. The van der Waals surface area contributed by atoms with E-state index in [9.17, 15) is 9.59 Å². The maximum Gasteiger partial charge on any atom is 0.290 e. The van der Waals surface area contributed by atoms with Crippen LogP contribution < -0.4 is 16.0 Å². The van der Waals surface area contributed by atoms with Gasteiger partial charge in [0.2, 0.25) is 5.91 Å². The number of nitrogens with zero attached hydrogens (tertiary/aromatic N) is 4. The first kappa shape index (κ1) is 22.4. The summed E-state index contributed by atoms with van der Waals surface area (Å²) in [5, 5.41) is 11.8. The van der Waals surface area contributed by atoms with Crippen molar-refractivity contribution in [2.24, 2.45) is 0 Å². The number of fused-ring (bicyclic) bond motifs is 1. The van der Waals surface area contributed by atoms with E-state index in [1.54, 1.807) is 9.58 Å². The first-order chi connectivity index (χ1) is 16.9. The Bertz CT molecular complexity index is 1450. The molecule has 1 aliphatic heterocycles. The predicted molar refractivity (Wildman–Crippen MR) is 134 cm³/mol. The lowest BCUT2D eigenvalue weighted by Crippen LogP contribution is -2.40. The van der Waals surface area contributed by atoms with Crippen LogP contribution in [0.1, 0.15) is 24.4 Å². The van der Waals surface area contributed by atoms with Crippen molar-refractivity contribution in [2.45, 2.75) is 25.8 Å². The Labute approximate surface area is 201 Å². The SMILES string of the molecule is C=CC(=O)N1CCCC(n2nc(-c3ccc(Oc4ccc(C)cc4)cc3)c3c(N)n[nH]c(=O)c32)C1. The number of H-pyrrole nitrogens is 1. The monoisotopic (exact) mass is 470 g/mol. The molecule has 178 valence electrons. The number of aromatic amines is 1. The van der Waals surface area contributed by atoms with E-state index in [2.05, 4.69) is 16.8 Å². The topological polar surface area (TPSA) is 119 Å². The fraction of sp³-hybridized carbons (Fsp3) is 0.231. The summed E-state index contributed by atoms with van der Waals surface area (Å²) in [5.41, 5.74) is 8.68. The van der Waals surface area contributed by atoms with Crippen LogP contribution in [0.25, 0.3) is 22.2 Å². The number of aryl methyl sites for hydroxylation is 1. The van der Waals surface area contributed by atoms with Crippen LogP contribution in [0.15, 0.2) is 66.0 Å². The molecule has 1 unspecified atom stereocenters. The van der Waals surface area contributed by atoms with Crippen LogP contribution in [0.5, 0.6) is 11.5 Å². The predicted octanol–water partition coefficient (Wildman–Crippen LogP) is 3.82. The second-order valence-corrected chi connectivity index (χ2v) is 8.68. The molecule has 3 heterocycles. The van der Waals surface area contributed by atoms with Crippen LogP contribution in [0, 0.1) is 6.92 Å². The van der Waals surface area contributed by atoms with Gasteiger partial charge in [0.15, 0.2) is 5.82 Å². The van der Waals surface area contributed by atoms with Gasteiger partial charge in [-0.15, -0.1) is 0 Å². The number of nitrogen functional groups attached to an aromatic ring is 1. The fourth-order valence-corrected chi connectivity index (χ4v) is 4.49. The standard InChI is InChI=1S/C26H26N6O3/c1-3-21(33)31-14-4-5-18(15-31)32-24-22(25(27)28-29-26(24)34)23(30-32)17-8-12-20(13-9-17)35-19-10-6-16(2)7-11-19/h3,6-13,18H,1,4-5,14-15H2,2H3,(H2,27,28)(H,29,34). The highest BCUT2D eigenvalue weighted by Crippen LogP contribution is 2.34. The van der Waals surface area contributed by atoms with Crippen LogP contribution in [0.2, 0.25) is 0 Å². The minimum atomic E-state index is -0.376. The molecule has 1 fully saturated rings. The fourth-order valence-electron chi connectivity index (χ4n) is 4.49. The third kappa shape index (κ3) is 4.28. The van der Waals surface area contributed by atoms with Gasteiger partial charge < -0.3 is 15.4 Å². The molecule has 1 aliphatic rings. The molecule has 0 saturated carbocycles. The number of rotatable bonds is 5. The average molecular weight is 471 g/mol. The molecule has 1 atom stereocenters. The number of anilines is 1. The van der Waals surface area contributed by atoms with Crippen molar-refractivity contribution in [2.75, 3.05) is 18.8 Å². The molecule has 0 spiro atoms. The summed E-state index contributed by atoms with van der Waals surface area (Å²) in [6.07, 6.45) is 2.89. The second kappa shape index (κ2) is 9.09. The largest absolute Gasteiger partial charge is 0.457 e. The number of carbonyl (C=O) groups is 1. The number of hydrogen-bond donors (Lipinski definition) is 2. The lowest BCUT2D eigenvalue weighted by Gasteiger charge is -2.32. The van der Waals surface area contributed by atoms with Crippen molar-refractivity contribution >= 4 is 22.6 Å². The van der Waals surface area contributed by atoms with Gasteiger partial charge in [-0.1, -0.05) is 24.3 Å². The Morgan fingerprint density at radius 2 is 1.86 bits per heavy atom. The first-order valence-corrected chi connectivity index (χ1v) is 11.5. The second-order valence-electron chi connectivity index (χ2n) is 8.68. The van der Waals surface area contributed by atoms with Crippen molar-refractivity contribution < 1.29 is 9.53 Å². The van der Waals surface area contributed by atoms with E-state index < -0.39 is 0 Å². The van der Waals surface area contributed by atoms with E-state index in [1.165, 1.54) is 6.08 Å². The summed E-state index contributed by atoms with van der Waals surface area (Å²) in [5.74, 6) is 1.48. The normalized spacial score (nSPS) is 15.8. The van der Waals surface area contributed by atoms with Gasteiger partial charge in [-0.25, -0.2) is 5.10 Å². The number of nitrogens with two attached hydrogens (primary N) is 1. The summed E-state index contributed by atoms with van der Waals surface area (Å²) in [6, 6.07) is 15.1. The zero-order valence-electron chi connectivity index (χ0n) is 19.4. The van der Waals surface area contributed by atoms with Crippen molar-refractivity contribution in [1.29, 1.82) is 0 Å². The van der Waals surface area contributed by atoms with E-state index >= 15 is 0 Å². The van der Waals surface area contributed by atoms with Gasteiger partial charge in [-0.2, -0.15) is 10.2 Å². The highest BCUT2D eigenvalue weighted by molar-refractivity contribution is 5.99. The smallest absolute Gasteiger partial charge is 0.290 e. The molecule has 9 nitrogen and oxygen atoms in total. The Kier molecular flexibility index (Phi) is 5.82. The summed E-state index contributed by atoms with van der Waals surface area (Å²) in [7, 11) is 0. The molecule has 9 heteroatoms. The number of hydrogen-bond acceptors (Lipinski definition) is 6. The van der Waals surface area contributed by atoms with Crippen LogP contribution >= 0.6 is 0 Å². The van der Waals surface area contributed by atoms with Crippen LogP contribution in [-0.2, 0) is 4.79 Å². The number of aromatic nitrogens is 4. The molecule has 0 aliphatic carbocycles. The van der Waals surface area contributed by atoms with Crippen LogP contribution in [0.4, 0.5) is 5.82 Å². The highest BCUT2D eigenvalue weighted by atomic mass is 16.5. The van der Waals surface area contributed by atoms with Gasteiger partial charge in [0.1, 0.15) is 22.7 Å². The van der Waals surface area contributed by atoms with E-state index in [4.69, 9.17) is 15.6 Å². The number of ether oxygens (including phenoxy) is 1. The minimum Gasteiger partial charge on any atom is -0.457 e. The van der Waals surface area contributed by atoms with E-state index in [0.29, 0.717) is 35.4 Å². The first-order valence-electron chi connectivity index (χ1n) is 11.5. The van der Waals surface area contributed by atoms with Gasteiger partial charge in [0.25, 0.3) is 5.56 Å². The molecular formula is C26H26N6O3. The lowest BCUT2D eigenvalue weighted by atomic mass is 10.1. The van der Waals surface area contributed by atoms with Gasteiger partial charge >= 0.3 is 0 Å². The average Bonchev–Trinajstić information content (AvgIpc) is 3.30. The molecule has 1 amide bonds. The third-order valence-electron chi connectivity index (χ3n) is 6.27. The summed E-state index contributed by atoms with van der Waals surface area (Å²) >= 11 is 0. The zero-order chi connectivity index (χ0) is 24.5. The molecule has 2 aromatic carbocycles. The lowest BCUT2D eigenvalue weighted by molar-refractivity contribution is -0.127. The Balaban J connectivity index is 1.53. The number of nitrogens with one attached hydrogen (secondary N) is 1. The maximum absolute atomic E-state index is 12.8. The van der Waals surface area contributed by atoms with E-state index in [1.807, 2.05) is 55.5 Å². The molecule has 0 radical (unpaired) electrons. The van der Waals surface area contributed by atoms with Crippen LogP contribution in [0.3, 0.4) is 0 Å². The molecule has 5 rings (SSSR count). The number of amides is 1. The minimum absolute atomic E-state index is 0.134. The molecule has 35 heavy (non-hydrogen) atoms. The number of piperidine rings is 1. The third-order valence-corrected chi connectivity index (χ3v) is 6.27. The molecule has 0 bridgehead atoms. The number of carbonyl (C=O) groups excluding carboxylic acids is 1. The highest BCUT2D eigenvalue weighted by Gasteiger charge is 2.28. The zero-order valence-corrected chi connectivity index (χ0v) is 19.4. The van der Waals surface area contributed by atoms with Crippen molar-refractivity contribution in [3.8, 4) is 22.8 Å². The molecule has 1 saturated heterocycles. The summed E-state index contributed by atoms with van der Waals surface area (Å²) in [4.78, 5) is 26.8. The van der Waals surface area contributed by atoms with Gasteiger partial charge in [-0.3, -0.25) is 14.3 Å². The summed E-state index contributed by atoms with van der Waals surface area (Å²) < 4.78 is 7.63. The number of benzene rings is 2. The van der Waals surface area contributed by atoms with Crippen molar-refractivity contribution in [1.82, 2.24) is 24.9 Å². The maximum atomic E-state index is 12.8. The van der Waals surface area contributed by atoms with E-state index in [0.717, 1.165) is 29.7 Å². The van der Waals surface area contributed by atoms with Gasteiger partial charge in [0.05, 0.1) is 11.4 Å². The van der Waals surface area contributed by atoms with E-state index in [-0.39, 0.29) is 23.3 Å².